The number of carbonyl (C=O) groups is 2. The van der Waals surface area contributed by atoms with E-state index in [0.29, 0.717) is 17.9 Å². The SMILES string of the molecule is NC(=O)C1CSC=c2c1c1c(n2Cc2ccccc2)=CC=CC1C(O)C(=O)O. The van der Waals surface area contributed by atoms with Crippen LogP contribution in [0.2, 0.25) is 0 Å². The predicted octanol–water partition coefficient (Wildman–Crippen LogP) is 0.469. The number of benzene rings is 1. The van der Waals surface area contributed by atoms with Crippen LogP contribution < -0.4 is 16.4 Å². The molecule has 4 N–H and O–H groups in total. The fraction of sp³-hybridized carbons (Fsp3) is 0.238. The van der Waals surface area contributed by atoms with Gasteiger partial charge in [0, 0.05) is 23.6 Å². The van der Waals surface area contributed by atoms with Crippen molar-refractivity contribution in [3.05, 3.63) is 69.9 Å². The molecule has 1 aromatic heterocycles. The van der Waals surface area contributed by atoms with Crippen LogP contribution in [0.15, 0.2) is 42.5 Å². The summed E-state index contributed by atoms with van der Waals surface area (Å²) in [4.78, 5) is 23.6. The Kier molecular flexibility index (Phi) is 4.87. The number of primary amides is 1. The number of thioether (sulfide) groups is 1. The Balaban J connectivity index is 1.98. The molecule has 7 heteroatoms. The molecule has 3 unspecified atom stereocenters. The number of hydrogen-bond acceptors (Lipinski definition) is 4. The lowest BCUT2D eigenvalue weighted by atomic mass is 9.84. The highest BCUT2D eigenvalue weighted by molar-refractivity contribution is 8.06. The molecule has 0 fully saturated rings. The first-order valence-electron chi connectivity index (χ1n) is 8.95. The Hall–Kier alpha value is -2.77. The molecule has 2 heterocycles. The molecule has 1 amide bonds. The molecule has 6 nitrogen and oxygen atoms in total. The van der Waals surface area contributed by atoms with Crippen molar-refractivity contribution in [2.75, 3.05) is 5.75 Å². The lowest BCUT2D eigenvalue weighted by molar-refractivity contribution is -0.147. The van der Waals surface area contributed by atoms with Crippen LogP contribution in [0.25, 0.3) is 11.5 Å². The molecule has 0 saturated heterocycles. The van der Waals surface area contributed by atoms with Gasteiger partial charge in [0.1, 0.15) is 0 Å². The number of aliphatic hydroxyl groups excluding tert-OH is 1. The smallest absolute Gasteiger partial charge is 0.333 e. The van der Waals surface area contributed by atoms with Crippen LogP contribution in [-0.2, 0) is 16.1 Å². The highest BCUT2D eigenvalue weighted by Gasteiger charge is 2.36. The number of carbonyl (C=O) groups excluding carboxylic acids is 1. The van der Waals surface area contributed by atoms with Crippen LogP contribution in [0.5, 0.6) is 0 Å². The number of hydrogen-bond donors (Lipinski definition) is 3. The largest absolute Gasteiger partial charge is 0.479 e. The quantitative estimate of drug-likeness (QED) is 0.681. The number of carboxylic acids is 1. The number of aliphatic carboxylic acids is 1. The maximum atomic E-state index is 12.2. The third-order valence-corrected chi connectivity index (χ3v) is 6.17. The second-order valence-electron chi connectivity index (χ2n) is 6.94. The molecule has 0 saturated carbocycles. The van der Waals surface area contributed by atoms with Crippen LogP contribution >= 0.6 is 11.8 Å². The van der Waals surface area contributed by atoms with Gasteiger partial charge in [-0.15, -0.1) is 11.8 Å². The number of carboxylic acid groups (broad SMARTS) is 1. The number of aliphatic hydroxyl groups is 1. The van der Waals surface area contributed by atoms with Gasteiger partial charge >= 0.3 is 5.97 Å². The van der Waals surface area contributed by atoms with Crippen molar-refractivity contribution in [3.8, 4) is 0 Å². The summed E-state index contributed by atoms with van der Waals surface area (Å²) in [6.07, 6.45) is 3.74. The second-order valence-corrected chi connectivity index (χ2v) is 7.84. The number of nitrogens with two attached hydrogens (primary N) is 1. The normalized spacial score (nSPS) is 21.0. The van der Waals surface area contributed by atoms with Crippen LogP contribution in [0.4, 0.5) is 0 Å². The van der Waals surface area contributed by atoms with Gasteiger partial charge < -0.3 is 20.5 Å². The molecule has 0 spiro atoms. The van der Waals surface area contributed by atoms with Gasteiger partial charge in [-0.1, -0.05) is 42.5 Å². The zero-order valence-electron chi connectivity index (χ0n) is 15.0. The number of aromatic nitrogens is 1. The minimum Gasteiger partial charge on any atom is -0.479 e. The molecule has 28 heavy (non-hydrogen) atoms. The highest BCUT2D eigenvalue weighted by atomic mass is 32.2. The van der Waals surface area contributed by atoms with E-state index in [9.17, 15) is 19.8 Å². The van der Waals surface area contributed by atoms with Gasteiger partial charge in [0.15, 0.2) is 6.10 Å². The molecule has 144 valence electrons. The molecule has 0 bridgehead atoms. The third kappa shape index (κ3) is 3.06. The summed E-state index contributed by atoms with van der Waals surface area (Å²) < 4.78 is 2.08. The predicted molar refractivity (Wildman–Crippen MR) is 108 cm³/mol. The van der Waals surface area contributed by atoms with E-state index in [4.69, 9.17) is 5.73 Å². The molecular weight excluding hydrogens is 376 g/mol. The molecule has 2 aliphatic rings. The Morgan fingerprint density at radius 1 is 1.21 bits per heavy atom. The molecule has 1 aliphatic carbocycles. The monoisotopic (exact) mass is 396 g/mol. The number of amides is 1. The van der Waals surface area contributed by atoms with Crippen molar-refractivity contribution < 1.29 is 19.8 Å². The lowest BCUT2D eigenvalue weighted by Gasteiger charge is -2.23. The Morgan fingerprint density at radius 2 is 1.96 bits per heavy atom. The molecular formula is C21H20N2O4S. The number of allylic oxidation sites excluding steroid dienone is 1. The van der Waals surface area contributed by atoms with Gasteiger partial charge in [0.2, 0.25) is 5.91 Å². The average molecular weight is 396 g/mol. The molecule has 1 aromatic carbocycles. The van der Waals surface area contributed by atoms with Crippen molar-refractivity contribution in [3.63, 3.8) is 0 Å². The molecule has 3 atom stereocenters. The van der Waals surface area contributed by atoms with E-state index in [0.717, 1.165) is 21.8 Å². The first-order chi connectivity index (χ1) is 13.5. The van der Waals surface area contributed by atoms with Gasteiger partial charge in [0.05, 0.1) is 11.3 Å². The Bertz CT molecular complexity index is 1090. The molecule has 0 radical (unpaired) electrons. The van der Waals surface area contributed by atoms with Gasteiger partial charge in [-0.05, 0) is 28.2 Å². The second kappa shape index (κ2) is 7.33. The van der Waals surface area contributed by atoms with E-state index in [1.54, 1.807) is 12.2 Å². The van der Waals surface area contributed by atoms with Gasteiger partial charge in [-0.2, -0.15) is 0 Å². The van der Waals surface area contributed by atoms with Gasteiger partial charge in [0.25, 0.3) is 0 Å². The summed E-state index contributed by atoms with van der Waals surface area (Å²) in [6.45, 7) is 0.571. The Morgan fingerprint density at radius 3 is 2.64 bits per heavy atom. The zero-order chi connectivity index (χ0) is 19.8. The van der Waals surface area contributed by atoms with Crippen molar-refractivity contribution in [1.82, 2.24) is 4.57 Å². The van der Waals surface area contributed by atoms with Crippen LogP contribution in [-0.4, -0.2) is 38.5 Å². The van der Waals surface area contributed by atoms with E-state index >= 15 is 0 Å². The molecule has 1 aliphatic heterocycles. The summed E-state index contributed by atoms with van der Waals surface area (Å²) in [5.74, 6) is -2.50. The Labute approximate surface area is 165 Å². The van der Waals surface area contributed by atoms with E-state index < -0.39 is 29.8 Å². The molecule has 2 aromatic rings. The zero-order valence-corrected chi connectivity index (χ0v) is 15.8. The van der Waals surface area contributed by atoms with Gasteiger partial charge in [-0.25, -0.2) is 4.79 Å². The van der Waals surface area contributed by atoms with E-state index in [-0.39, 0.29) is 0 Å². The average Bonchev–Trinajstić information content (AvgIpc) is 3.02. The minimum absolute atomic E-state index is 0.445. The van der Waals surface area contributed by atoms with Crippen molar-refractivity contribution in [2.45, 2.75) is 24.5 Å². The number of nitrogens with zero attached hydrogens (tertiary/aromatic N) is 1. The van der Waals surface area contributed by atoms with E-state index in [2.05, 4.69) is 4.57 Å². The standard InChI is InChI=1S/C21H20N2O4S/c22-20(25)14-10-28-11-16-18(14)17-13(19(24)21(26)27)7-4-8-15(17)23(16)9-12-5-2-1-3-6-12/h1-8,11,13-14,19,24H,9-10H2,(H2,22,25)(H,26,27). The maximum absolute atomic E-state index is 12.2. The first-order valence-corrected chi connectivity index (χ1v) is 10.0. The van der Waals surface area contributed by atoms with Crippen molar-refractivity contribution >= 4 is 35.1 Å². The van der Waals surface area contributed by atoms with Gasteiger partial charge in [-0.3, -0.25) is 4.79 Å². The first kappa shape index (κ1) is 18.6. The number of fused-ring (bicyclic) bond motifs is 3. The highest BCUT2D eigenvalue weighted by Crippen LogP contribution is 2.32. The third-order valence-electron chi connectivity index (χ3n) is 5.26. The van der Waals surface area contributed by atoms with E-state index in [1.807, 2.05) is 41.8 Å². The topological polar surface area (TPSA) is 106 Å². The van der Waals surface area contributed by atoms with Crippen molar-refractivity contribution in [2.24, 2.45) is 5.73 Å². The lowest BCUT2D eigenvalue weighted by Crippen LogP contribution is -2.34. The maximum Gasteiger partial charge on any atom is 0.333 e. The van der Waals surface area contributed by atoms with Crippen LogP contribution in [0, 0.1) is 0 Å². The van der Waals surface area contributed by atoms with E-state index in [1.165, 1.54) is 11.8 Å². The molecule has 4 rings (SSSR count). The fourth-order valence-corrected chi connectivity index (χ4v) is 5.00. The van der Waals surface area contributed by atoms with Crippen molar-refractivity contribution in [1.29, 1.82) is 0 Å². The fourth-order valence-electron chi connectivity index (χ4n) is 3.97. The van der Waals surface area contributed by atoms with Crippen LogP contribution in [0.3, 0.4) is 0 Å². The summed E-state index contributed by atoms with van der Waals surface area (Å²) in [5.41, 5.74) is 8.18. The summed E-state index contributed by atoms with van der Waals surface area (Å²) >= 11 is 1.52. The summed E-state index contributed by atoms with van der Waals surface area (Å²) in [5, 5.41) is 23.4. The summed E-state index contributed by atoms with van der Waals surface area (Å²) in [6, 6.07) is 9.90. The minimum atomic E-state index is -1.59. The summed E-state index contributed by atoms with van der Waals surface area (Å²) in [7, 11) is 0. The van der Waals surface area contributed by atoms with Crippen LogP contribution in [0.1, 0.15) is 28.5 Å². The number of rotatable bonds is 5.